The molecule has 0 aromatic heterocycles. The predicted molar refractivity (Wildman–Crippen MR) is 90.0 cm³/mol. The van der Waals surface area contributed by atoms with E-state index < -0.39 is 0 Å². The molecule has 1 aromatic carbocycles. The number of carbonyl (C=O) groups is 1. The Morgan fingerprint density at radius 2 is 2.13 bits per heavy atom. The summed E-state index contributed by atoms with van der Waals surface area (Å²) < 4.78 is 5.60. The number of carbonyl (C=O) groups excluding carboxylic acids is 1. The lowest BCUT2D eigenvalue weighted by Crippen LogP contribution is -2.57. The van der Waals surface area contributed by atoms with Gasteiger partial charge in [-0.25, -0.2) is 0 Å². The van der Waals surface area contributed by atoms with Gasteiger partial charge >= 0.3 is 0 Å². The molecule has 1 N–H and O–H groups in total. The number of nitrogens with one attached hydrogen (secondary N) is 1. The lowest BCUT2D eigenvalue weighted by Gasteiger charge is -2.45. The van der Waals surface area contributed by atoms with Crippen LogP contribution in [-0.4, -0.2) is 43.5 Å². The van der Waals surface area contributed by atoms with E-state index >= 15 is 0 Å². The van der Waals surface area contributed by atoms with E-state index in [9.17, 15) is 4.79 Å². The highest BCUT2D eigenvalue weighted by Gasteiger charge is 2.35. The standard InChI is InChI=1S/C17H20ClN3O2/c1-20-6-7-23-16-13(8-12(18)9-15(16)20)17(22)19-14-10-21-4-2-11(14)3-5-21/h6-9,11,14H,2-5,10H2,1H3,(H,19,22). The number of amides is 1. The summed E-state index contributed by atoms with van der Waals surface area (Å²) in [5.74, 6) is 1.05. The Morgan fingerprint density at radius 1 is 1.35 bits per heavy atom. The van der Waals surface area contributed by atoms with Crippen molar-refractivity contribution in [2.75, 3.05) is 31.6 Å². The van der Waals surface area contributed by atoms with Crippen LogP contribution in [0.25, 0.3) is 0 Å². The number of halogens is 1. The summed E-state index contributed by atoms with van der Waals surface area (Å²) in [5, 5.41) is 3.73. The summed E-state index contributed by atoms with van der Waals surface area (Å²) in [6.07, 6.45) is 5.72. The molecule has 1 unspecified atom stereocenters. The number of benzene rings is 1. The maximum Gasteiger partial charge on any atom is 0.255 e. The van der Waals surface area contributed by atoms with Crippen LogP contribution in [0.5, 0.6) is 5.75 Å². The van der Waals surface area contributed by atoms with Crippen molar-refractivity contribution in [3.05, 3.63) is 35.2 Å². The van der Waals surface area contributed by atoms with Gasteiger partial charge in [0.2, 0.25) is 0 Å². The second kappa shape index (κ2) is 5.73. The molecule has 0 spiro atoms. The van der Waals surface area contributed by atoms with Gasteiger partial charge in [0.15, 0.2) is 5.75 Å². The summed E-state index contributed by atoms with van der Waals surface area (Å²) in [6.45, 7) is 3.25. The molecule has 4 aliphatic heterocycles. The molecule has 3 fully saturated rings. The number of piperidine rings is 3. The normalized spacial score (nSPS) is 28.3. The van der Waals surface area contributed by atoms with Crippen molar-refractivity contribution in [1.82, 2.24) is 10.2 Å². The van der Waals surface area contributed by atoms with Gasteiger partial charge in [0, 0.05) is 30.9 Å². The fraction of sp³-hybridized carbons (Fsp3) is 0.471. The summed E-state index contributed by atoms with van der Waals surface area (Å²) >= 11 is 6.20. The molecule has 4 heterocycles. The Morgan fingerprint density at radius 3 is 2.83 bits per heavy atom. The molecule has 1 aromatic rings. The minimum atomic E-state index is -0.105. The molecule has 4 aliphatic rings. The van der Waals surface area contributed by atoms with Crippen molar-refractivity contribution < 1.29 is 9.53 Å². The van der Waals surface area contributed by atoms with Crippen molar-refractivity contribution in [2.45, 2.75) is 18.9 Å². The lowest BCUT2D eigenvalue weighted by atomic mass is 9.84. The second-order valence-electron chi connectivity index (χ2n) is 6.53. The van der Waals surface area contributed by atoms with Crippen LogP contribution >= 0.6 is 11.6 Å². The average Bonchev–Trinajstić information content (AvgIpc) is 2.56. The third-order valence-electron chi connectivity index (χ3n) is 5.10. The molecule has 3 saturated heterocycles. The second-order valence-corrected chi connectivity index (χ2v) is 6.97. The van der Waals surface area contributed by atoms with E-state index in [1.54, 1.807) is 18.5 Å². The summed E-state index contributed by atoms with van der Waals surface area (Å²) in [7, 11) is 1.91. The molecule has 2 bridgehead atoms. The average molecular weight is 334 g/mol. The van der Waals surface area contributed by atoms with E-state index in [0.717, 1.165) is 25.3 Å². The monoisotopic (exact) mass is 333 g/mol. The minimum absolute atomic E-state index is 0.105. The Hall–Kier alpha value is -1.72. The van der Waals surface area contributed by atoms with Gasteiger partial charge in [-0.05, 0) is 44.0 Å². The molecule has 1 atom stereocenters. The van der Waals surface area contributed by atoms with Gasteiger partial charge in [0.25, 0.3) is 5.91 Å². The van der Waals surface area contributed by atoms with Crippen LogP contribution in [0.1, 0.15) is 23.2 Å². The van der Waals surface area contributed by atoms with Gasteiger partial charge in [-0.3, -0.25) is 4.79 Å². The lowest BCUT2D eigenvalue weighted by molar-refractivity contribution is 0.0619. The largest absolute Gasteiger partial charge is 0.460 e. The first-order chi connectivity index (χ1) is 11.1. The van der Waals surface area contributed by atoms with Crippen LogP contribution in [-0.2, 0) is 0 Å². The fourth-order valence-corrected chi connectivity index (χ4v) is 3.99. The zero-order valence-corrected chi connectivity index (χ0v) is 13.8. The van der Waals surface area contributed by atoms with Gasteiger partial charge in [0.1, 0.15) is 6.26 Å². The third-order valence-corrected chi connectivity index (χ3v) is 5.32. The Labute approximate surface area is 140 Å². The van der Waals surface area contributed by atoms with Crippen molar-refractivity contribution in [2.24, 2.45) is 5.92 Å². The van der Waals surface area contributed by atoms with E-state index in [2.05, 4.69) is 10.2 Å². The minimum Gasteiger partial charge on any atom is -0.460 e. The van der Waals surface area contributed by atoms with E-state index in [-0.39, 0.29) is 11.9 Å². The van der Waals surface area contributed by atoms with E-state index in [0.29, 0.717) is 22.3 Å². The van der Waals surface area contributed by atoms with Crippen LogP contribution < -0.4 is 15.0 Å². The Balaban J connectivity index is 1.59. The van der Waals surface area contributed by atoms with Crippen LogP contribution in [0.3, 0.4) is 0 Å². The molecular weight excluding hydrogens is 314 g/mol. The number of rotatable bonds is 2. The predicted octanol–water partition coefficient (Wildman–Crippen LogP) is 2.46. The van der Waals surface area contributed by atoms with Crippen molar-refractivity contribution in [3.8, 4) is 5.75 Å². The number of hydrogen-bond acceptors (Lipinski definition) is 4. The maximum absolute atomic E-state index is 12.8. The molecule has 5 rings (SSSR count). The molecule has 0 radical (unpaired) electrons. The number of fused-ring (bicyclic) bond motifs is 4. The Kier molecular flexibility index (Phi) is 3.70. The zero-order chi connectivity index (χ0) is 16.0. The Bertz CT molecular complexity index is 668. The smallest absolute Gasteiger partial charge is 0.255 e. The van der Waals surface area contributed by atoms with Crippen LogP contribution in [0.4, 0.5) is 5.69 Å². The highest BCUT2D eigenvalue weighted by molar-refractivity contribution is 6.31. The summed E-state index contributed by atoms with van der Waals surface area (Å²) in [4.78, 5) is 17.1. The molecule has 5 nitrogen and oxygen atoms in total. The SMILES string of the molecule is CN1C=COc2c(C(=O)NC3CN4CCC3CC4)cc(Cl)cc21. The number of anilines is 1. The first-order valence-electron chi connectivity index (χ1n) is 8.05. The summed E-state index contributed by atoms with van der Waals surface area (Å²) in [5.41, 5.74) is 1.30. The van der Waals surface area contributed by atoms with Crippen LogP contribution in [0, 0.1) is 5.92 Å². The van der Waals surface area contributed by atoms with Gasteiger partial charge in [-0.1, -0.05) is 11.6 Å². The highest BCUT2D eigenvalue weighted by atomic mass is 35.5. The van der Waals surface area contributed by atoms with Crippen molar-refractivity contribution in [3.63, 3.8) is 0 Å². The molecule has 0 saturated carbocycles. The van der Waals surface area contributed by atoms with Crippen LogP contribution in [0.2, 0.25) is 5.02 Å². The maximum atomic E-state index is 12.8. The first-order valence-corrected chi connectivity index (χ1v) is 8.42. The van der Waals surface area contributed by atoms with Crippen molar-refractivity contribution >= 4 is 23.2 Å². The van der Waals surface area contributed by atoms with Crippen LogP contribution in [0.15, 0.2) is 24.6 Å². The molecule has 0 aliphatic carbocycles. The zero-order valence-electron chi connectivity index (χ0n) is 13.1. The molecule has 1 amide bonds. The summed E-state index contributed by atoms with van der Waals surface area (Å²) in [6, 6.07) is 3.71. The topological polar surface area (TPSA) is 44.8 Å². The van der Waals surface area contributed by atoms with Gasteiger partial charge in [-0.2, -0.15) is 0 Å². The van der Waals surface area contributed by atoms with E-state index in [1.165, 1.54) is 12.8 Å². The van der Waals surface area contributed by atoms with Crippen molar-refractivity contribution in [1.29, 1.82) is 0 Å². The van der Waals surface area contributed by atoms with Gasteiger partial charge in [-0.15, -0.1) is 0 Å². The fourth-order valence-electron chi connectivity index (χ4n) is 3.78. The molecule has 23 heavy (non-hydrogen) atoms. The van der Waals surface area contributed by atoms with Gasteiger partial charge < -0.3 is 19.9 Å². The highest BCUT2D eigenvalue weighted by Crippen LogP contribution is 2.38. The molecular formula is C17H20ClN3O2. The quantitative estimate of drug-likeness (QED) is 0.903. The van der Waals surface area contributed by atoms with E-state index in [1.807, 2.05) is 18.0 Å². The number of hydrogen-bond donors (Lipinski definition) is 1. The van der Waals surface area contributed by atoms with E-state index in [4.69, 9.17) is 16.3 Å². The molecule has 6 heteroatoms. The number of ether oxygens (including phenoxy) is 1. The number of nitrogens with zero attached hydrogens (tertiary/aromatic N) is 2. The first kappa shape index (κ1) is 14.8. The molecule has 122 valence electrons. The third kappa shape index (κ3) is 2.68. The van der Waals surface area contributed by atoms with Gasteiger partial charge in [0.05, 0.1) is 11.3 Å².